The molecule has 0 aliphatic carbocycles. The SMILES string of the molecule is CC(C)COC(CCNC(C)C)C(=O)C(C)C. The number of carbonyl (C=O) groups is 1. The number of ketones is 1. The number of rotatable bonds is 9. The Morgan fingerprint density at radius 3 is 2.12 bits per heavy atom. The van der Waals surface area contributed by atoms with Crippen LogP contribution >= 0.6 is 0 Å². The molecule has 0 rings (SSSR count). The van der Waals surface area contributed by atoms with Crippen LogP contribution in [0.25, 0.3) is 0 Å². The minimum absolute atomic E-state index is 0.0474. The molecule has 102 valence electrons. The lowest BCUT2D eigenvalue weighted by atomic mass is 10.0. The third-order valence-corrected chi connectivity index (χ3v) is 2.48. The minimum atomic E-state index is -0.247. The van der Waals surface area contributed by atoms with Gasteiger partial charge in [0.05, 0.1) is 0 Å². The lowest BCUT2D eigenvalue weighted by molar-refractivity contribution is -0.134. The molecule has 1 atom stereocenters. The number of carbonyl (C=O) groups excluding carboxylic acids is 1. The first-order chi connectivity index (χ1) is 7.84. The Labute approximate surface area is 106 Å². The first-order valence-corrected chi connectivity index (χ1v) is 6.73. The van der Waals surface area contributed by atoms with E-state index in [1.807, 2.05) is 13.8 Å². The average Bonchev–Trinajstić information content (AvgIpc) is 2.21. The van der Waals surface area contributed by atoms with Crippen molar-refractivity contribution in [2.24, 2.45) is 11.8 Å². The predicted octanol–water partition coefficient (Wildman–Crippen LogP) is 2.64. The molecule has 0 aromatic rings. The molecular formula is C14H29NO2. The highest BCUT2D eigenvalue weighted by Crippen LogP contribution is 2.09. The monoisotopic (exact) mass is 243 g/mol. The highest BCUT2D eigenvalue weighted by molar-refractivity contribution is 5.84. The van der Waals surface area contributed by atoms with E-state index in [0.717, 1.165) is 13.0 Å². The molecule has 17 heavy (non-hydrogen) atoms. The zero-order chi connectivity index (χ0) is 13.4. The van der Waals surface area contributed by atoms with Crippen LogP contribution in [-0.4, -0.2) is 31.1 Å². The van der Waals surface area contributed by atoms with Crippen molar-refractivity contribution in [1.29, 1.82) is 0 Å². The summed E-state index contributed by atoms with van der Waals surface area (Å²) in [6.07, 6.45) is 0.519. The fraction of sp³-hybridized carbons (Fsp3) is 0.929. The van der Waals surface area contributed by atoms with E-state index in [-0.39, 0.29) is 17.8 Å². The molecule has 0 saturated carbocycles. The van der Waals surface area contributed by atoms with Crippen molar-refractivity contribution in [3.8, 4) is 0 Å². The summed E-state index contributed by atoms with van der Waals surface area (Å²) in [5.74, 6) is 0.734. The number of Topliss-reactive ketones (excluding diaryl/α,β-unsaturated/α-hetero) is 1. The van der Waals surface area contributed by atoms with Gasteiger partial charge in [-0.25, -0.2) is 0 Å². The maximum absolute atomic E-state index is 12.0. The standard InChI is InChI=1S/C14H29NO2/c1-10(2)9-17-13(14(16)11(3)4)7-8-15-12(5)6/h10-13,15H,7-9H2,1-6H3. The van der Waals surface area contributed by atoms with E-state index < -0.39 is 0 Å². The fourth-order valence-corrected chi connectivity index (χ4v) is 1.49. The zero-order valence-electron chi connectivity index (χ0n) is 12.2. The van der Waals surface area contributed by atoms with Gasteiger partial charge in [-0.15, -0.1) is 0 Å². The zero-order valence-corrected chi connectivity index (χ0v) is 12.2. The van der Waals surface area contributed by atoms with Gasteiger partial charge in [0.25, 0.3) is 0 Å². The van der Waals surface area contributed by atoms with Crippen molar-refractivity contribution >= 4 is 5.78 Å². The third-order valence-electron chi connectivity index (χ3n) is 2.48. The Kier molecular flexibility index (Phi) is 8.44. The van der Waals surface area contributed by atoms with E-state index in [4.69, 9.17) is 4.74 Å². The average molecular weight is 243 g/mol. The first kappa shape index (κ1) is 16.6. The second-order valence-electron chi connectivity index (χ2n) is 5.67. The highest BCUT2D eigenvalue weighted by Gasteiger charge is 2.21. The molecule has 1 unspecified atom stereocenters. The van der Waals surface area contributed by atoms with Crippen LogP contribution in [0.4, 0.5) is 0 Å². The number of ether oxygens (including phenoxy) is 1. The van der Waals surface area contributed by atoms with Gasteiger partial charge >= 0.3 is 0 Å². The van der Waals surface area contributed by atoms with E-state index >= 15 is 0 Å². The van der Waals surface area contributed by atoms with Gasteiger partial charge < -0.3 is 10.1 Å². The second-order valence-corrected chi connectivity index (χ2v) is 5.67. The Balaban J connectivity index is 4.15. The first-order valence-electron chi connectivity index (χ1n) is 6.73. The van der Waals surface area contributed by atoms with Crippen LogP contribution in [-0.2, 0) is 9.53 Å². The summed E-state index contributed by atoms with van der Waals surface area (Å²) >= 11 is 0. The van der Waals surface area contributed by atoms with Gasteiger partial charge in [0, 0.05) is 18.6 Å². The quantitative estimate of drug-likeness (QED) is 0.676. The van der Waals surface area contributed by atoms with E-state index in [0.29, 0.717) is 18.6 Å². The normalized spacial score (nSPS) is 13.7. The van der Waals surface area contributed by atoms with Crippen LogP contribution in [0.2, 0.25) is 0 Å². The molecule has 0 bridgehead atoms. The molecule has 3 nitrogen and oxygen atoms in total. The Morgan fingerprint density at radius 2 is 1.71 bits per heavy atom. The predicted molar refractivity (Wildman–Crippen MR) is 72.2 cm³/mol. The van der Waals surface area contributed by atoms with E-state index in [1.54, 1.807) is 0 Å². The van der Waals surface area contributed by atoms with Crippen LogP contribution in [0.15, 0.2) is 0 Å². The van der Waals surface area contributed by atoms with E-state index in [1.165, 1.54) is 0 Å². The Bertz CT molecular complexity index is 212. The summed E-state index contributed by atoms with van der Waals surface area (Å²) in [7, 11) is 0. The number of nitrogens with one attached hydrogen (secondary N) is 1. The molecule has 0 aliphatic rings. The van der Waals surface area contributed by atoms with Crippen molar-refractivity contribution < 1.29 is 9.53 Å². The molecule has 0 amide bonds. The van der Waals surface area contributed by atoms with E-state index in [9.17, 15) is 4.79 Å². The van der Waals surface area contributed by atoms with Crippen LogP contribution in [0, 0.1) is 11.8 Å². The lowest BCUT2D eigenvalue weighted by Crippen LogP contribution is -2.34. The number of hydrogen-bond acceptors (Lipinski definition) is 3. The summed E-state index contributed by atoms with van der Waals surface area (Å²) in [4.78, 5) is 12.0. The molecule has 3 heteroatoms. The molecule has 0 aromatic carbocycles. The molecule has 0 saturated heterocycles. The van der Waals surface area contributed by atoms with Crippen molar-refractivity contribution in [2.75, 3.05) is 13.2 Å². The molecule has 0 spiro atoms. The summed E-state index contributed by atoms with van der Waals surface area (Å²) in [6, 6.07) is 0.454. The van der Waals surface area contributed by atoms with Gasteiger partial charge in [-0.05, 0) is 18.9 Å². The molecule has 0 radical (unpaired) electrons. The number of hydrogen-bond donors (Lipinski definition) is 1. The van der Waals surface area contributed by atoms with Gasteiger partial charge in [0.15, 0.2) is 5.78 Å². The van der Waals surface area contributed by atoms with Crippen LogP contribution in [0.1, 0.15) is 48.0 Å². The molecule has 0 aromatic heterocycles. The van der Waals surface area contributed by atoms with Gasteiger partial charge in [-0.1, -0.05) is 41.5 Å². The lowest BCUT2D eigenvalue weighted by Gasteiger charge is -2.20. The molecular weight excluding hydrogens is 214 g/mol. The molecule has 0 heterocycles. The highest BCUT2D eigenvalue weighted by atomic mass is 16.5. The van der Waals surface area contributed by atoms with Crippen molar-refractivity contribution in [3.63, 3.8) is 0 Å². The smallest absolute Gasteiger partial charge is 0.164 e. The van der Waals surface area contributed by atoms with Crippen molar-refractivity contribution in [3.05, 3.63) is 0 Å². The van der Waals surface area contributed by atoms with Gasteiger partial charge in [-0.3, -0.25) is 4.79 Å². The van der Waals surface area contributed by atoms with E-state index in [2.05, 4.69) is 33.0 Å². The summed E-state index contributed by atoms with van der Waals surface area (Å²) in [6.45, 7) is 13.8. The maximum Gasteiger partial charge on any atom is 0.164 e. The Morgan fingerprint density at radius 1 is 1.12 bits per heavy atom. The van der Waals surface area contributed by atoms with Crippen LogP contribution < -0.4 is 5.32 Å². The maximum atomic E-state index is 12.0. The second kappa shape index (κ2) is 8.65. The fourth-order valence-electron chi connectivity index (χ4n) is 1.49. The summed E-state index contributed by atoms with van der Waals surface area (Å²) in [5, 5.41) is 3.33. The van der Waals surface area contributed by atoms with Gasteiger partial charge in [0.2, 0.25) is 0 Å². The minimum Gasteiger partial charge on any atom is -0.370 e. The van der Waals surface area contributed by atoms with Crippen LogP contribution in [0.5, 0.6) is 0 Å². The molecule has 0 fully saturated rings. The van der Waals surface area contributed by atoms with Crippen molar-refractivity contribution in [1.82, 2.24) is 5.32 Å². The third kappa shape index (κ3) is 8.33. The summed E-state index contributed by atoms with van der Waals surface area (Å²) in [5.41, 5.74) is 0. The summed E-state index contributed by atoms with van der Waals surface area (Å²) < 4.78 is 5.72. The van der Waals surface area contributed by atoms with Gasteiger partial charge in [0.1, 0.15) is 6.10 Å². The van der Waals surface area contributed by atoms with Gasteiger partial charge in [-0.2, -0.15) is 0 Å². The van der Waals surface area contributed by atoms with Crippen LogP contribution in [0.3, 0.4) is 0 Å². The largest absolute Gasteiger partial charge is 0.370 e. The molecule has 1 N–H and O–H groups in total. The molecule has 0 aliphatic heterocycles. The topological polar surface area (TPSA) is 38.3 Å². The van der Waals surface area contributed by atoms with Crippen molar-refractivity contribution in [2.45, 2.75) is 60.1 Å². The Hall–Kier alpha value is -0.410.